The number of epoxide rings is 1. The number of ether oxygens (including phenoxy) is 2. The number of hydrogen-bond acceptors (Lipinski definition) is 4. The van der Waals surface area contributed by atoms with Crippen molar-refractivity contribution in [2.24, 2.45) is 62.6 Å². The number of hydrogen-bond donors (Lipinski definition) is 0. The van der Waals surface area contributed by atoms with Crippen molar-refractivity contribution in [1.29, 1.82) is 0 Å². The Kier molecular flexibility index (Phi) is 4.99. The minimum atomic E-state index is -0.299. The van der Waals surface area contributed by atoms with Gasteiger partial charge in [0.15, 0.2) is 5.78 Å². The Bertz CT molecular complexity index is 954. The topological polar surface area (TPSA) is 55.9 Å². The van der Waals surface area contributed by atoms with Crippen molar-refractivity contribution >= 4 is 11.8 Å². The fraction of sp³-hybridized carbons (Fsp3) is 0.935. The van der Waals surface area contributed by atoms with E-state index < -0.39 is 0 Å². The quantitative estimate of drug-likeness (QED) is 0.334. The molecule has 4 unspecified atom stereocenters. The van der Waals surface area contributed by atoms with E-state index >= 15 is 0 Å². The number of methoxy groups -OCH3 is 1. The number of carbonyl (C=O) groups is 2. The Balaban J connectivity index is 1.42. The molecule has 5 aliphatic carbocycles. The molecule has 4 nitrogen and oxygen atoms in total. The molecule has 1 aliphatic heterocycles. The lowest BCUT2D eigenvalue weighted by molar-refractivity contribution is -0.236. The number of fused-ring (bicyclic) bond motifs is 9. The summed E-state index contributed by atoms with van der Waals surface area (Å²) < 4.78 is 11.7. The fourth-order valence-electron chi connectivity index (χ4n) is 12.1. The van der Waals surface area contributed by atoms with Gasteiger partial charge in [-0.3, -0.25) is 9.59 Å². The zero-order chi connectivity index (χ0) is 25.3. The first-order valence-corrected chi connectivity index (χ1v) is 14.6. The first kappa shape index (κ1) is 24.4. The van der Waals surface area contributed by atoms with E-state index in [1.54, 1.807) is 7.11 Å². The van der Waals surface area contributed by atoms with Crippen LogP contribution in [0.5, 0.6) is 0 Å². The predicted octanol–water partition coefficient (Wildman–Crippen LogP) is 6.45. The summed E-state index contributed by atoms with van der Waals surface area (Å²) in [6.45, 7) is 16.8. The number of ketones is 1. The largest absolute Gasteiger partial charge is 0.469 e. The Labute approximate surface area is 212 Å². The molecule has 0 aromatic rings. The number of rotatable bonds is 2. The third kappa shape index (κ3) is 2.64. The molecule has 0 spiro atoms. The standard InChI is InChI=1S/C31H48O4/c1-17(2)18-11-14-31(26(33)34-8)16-15-28(5)19(22(18)31)9-10-21-29(28,6)13-12-20-27(3,4)24(32)23-25(35-23)30(20,21)7/h17-23,25H,9-16H2,1-8H3/t18-,19?,20?,21?,22?,23-,25-,28+,29+,30-,31-/m0/s1. The second-order valence-corrected chi connectivity index (χ2v) is 15.2. The van der Waals surface area contributed by atoms with Crippen molar-refractivity contribution in [1.82, 2.24) is 0 Å². The average Bonchev–Trinajstić information content (AvgIpc) is 3.51. The van der Waals surface area contributed by atoms with Crippen LogP contribution in [0.2, 0.25) is 0 Å². The van der Waals surface area contributed by atoms with Crippen molar-refractivity contribution in [3.05, 3.63) is 0 Å². The SMILES string of the molecule is COC(=O)[C@]12CC[C@@H](C(C)C)C1C1CCC3[C@]4(C)C(CC[C@@]3(C)[C@]1(C)CC2)C(C)(C)C(=O)[C@@H]1O[C@@H]14. The molecule has 6 rings (SSSR count). The van der Waals surface area contributed by atoms with Crippen molar-refractivity contribution in [3.63, 3.8) is 0 Å². The highest BCUT2D eigenvalue weighted by Gasteiger charge is 2.77. The van der Waals surface area contributed by atoms with Gasteiger partial charge in [-0.1, -0.05) is 48.5 Å². The Morgan fingerprint density at radius 1 is 0.914 bits per heavy atom. The van der Waals surface area contributed by atoms with E-state index in [-0.39, 0.29) is 45.3 Å². The normalized spacial score (nSPS) is 55.8. The highest BCUT2D eigenvalue weighted by molar-refractivity contribution is 5.92. The van der Waals surface area contributed by atoms with Crippen LogP contribution in [0.1, 0.15) is 99.8 Å². The fourth-order valence-corrected chi connectivity index (χ4v) is 12.1. The maximum atomic E-state index is 13.4. The summed E-state index contributed by atoms with van der Waals surface area (Å²) in [5.41, 5.74) is -0.0957. The van der Waals surface area contributed by atoms with Gasteiger partial charge in [-0.05, 0) is 97.7 Å². The summed E-state index contributed by atoms with van der Waals surface area (Å²) in [7, 11) is 1.60. The van der Waals surface area contributed by atoms with Crippen LogP contribution in [0.15, 0.2) is 0 Å². The van der Waals surface area contributed by atoms with Gasteiger partial charge in [0.2, 0.25) is 0 Å². The highest BCUT2D eigenvalue weighted by Crippen LogP contribution is 2.78. The lowest BCUT2D eigenvalue weighted by atomic mass is 9.32. The smallest absolute Gasteiger partial charge is 0.312 e. The van der Waals surface area contributed by atoms with Crippen molar-refractivity contribution in [3.8, 4) is 0 Å². The molecule has 6 aliphatic rings. The Morgan fingerprint density at radius 2 is 1.63 bits per heavy atom. The molecule has 1 heterocycles. The Morgan fingerprint density at radius 3 is 2.29 bits per heavy atom. The van der Waals surface area contributed by atoms with E-state index in [1.807, 2.05) is 0 Å². The predicted molar refractivity (Wildman–Crippen MR) is 135 cm³/mol. The van der Waals surface area contributed by atoms with Crippen molar-refractivity contribution in [2.45, 2.75) is 112 Å². The van der Waals surface area contributed by atoms with Crippen LogP contribution in [-0.2, 0) is 19.1 Å². The molecule has 5 saturated carbocycles. The zero-order valence-corrected chi connectivity index (χ0v) is 23.4. The molecular formula is C31H48O4. The minimum Gasteiger partial charge on any atom is -0.469 e. The van der Waals surface area contributed by atoms with Gasteiger partial charge in [-0.2, -0.15) is 0 Å². The van der Waals surface area contributed by atoms with Crippen LogP contribution in [0.4, 0.5) is 0 Å². The maximum absolute atomic E-state index is 13.4. The van der Waals surface area contributed by atoms with E-state index in [1.165, 1.54) is 19.3 Å². The van der Waals surface area contributed by atoms with Crippen LogP contribution < -0.4 is 0 Å². The number of carbonyl (C=O) groups excluding carboxylic acids is 2. The van der Waals surface area contributed by atoms with Crippen LogP contribution in [0.3, 0.4) is 0 Å². The molecule has 11 atom stereocenters. The lowest BCUT2D eigenvalue weighted by Gasteiger charge is -2.71. The van der Waals surface area contributed by atoms with Gasteiger partial charge in [0.25, 0.3) is 0 Å². The minimum absolute atomic E-state index is 0.0626. The maximum Gasteiger partial charge on any atom is 0.312 e. The van der Waals surface area contributed by atoms with E-state index in [0.717, 1.165) is 32.1 Å². The molecule has 35 heavy (non-hydrogen) atoms. The number of Topliss-reactive ketones (excluding diaryl/α,β-unsaturated/α-hetero) is 1. The van der Waals surface area contributed by atoms with Gasteiger partial charge < -0.3 is 9.47 Å². The molecule has 196 valence electrons. The monoisotopic (exact) mass is 484 g/mol. The molecule has 0 aromatic heterocycles. The van der Waals surface area contributed by atoms with Gasteiger partial charge in [-0.25, -0.2) is 0 Å². The van der Waals surface area contributed by atoms with Crippen LogP contribution >= 0.6 is 0 Å². The van der Waals surface area contributed by atoms with Gasteiger partial charge in [-0.15, -0.1) is 0 Å². The summed E-state index contributed by atoms with van der Waals surface area (Å²) in [6.07, 6.45) is 8.96. The molecule has 6 fully saturated rings. The third-order valence-corrected chi connectivity index (χ3v) is 14.0. The summed E-state index contributed by atoms with van der Waals surface area (Å²) in [4.78, 5) is 26.6. The van der Waals surface area contributed by atoms with Crippen LogP contribution in [0, 0.1) is 62.6 Å². The molecule has 0 aromatic carbocycles. The van der Waals surface area contributed by atoms with Gasteiger partial charge in [0, 0.05) is 10.8 Å². The first-order valence-electron chi connectivity index (χ1n) is 14.6. The molecule has 1 saturated heterocycles. The third-order valence-electron chi connectivity index (χ3n) is 14.0. The van der Waals surface area contributed by atoms with E-state index in [2.05, 4.69) is 48.5 Å². The molecule has 0 radical (unpaired) electrons. The summed E-state index contributed by atoms with van der Waals surface area (Å²) in [5.74, 6) is 3.59. The van der Waals surface area contributed by atoms with Crippen molar-refractivity contribution in [2.75, 3.05) is 7.11 Å². The molecule has 0 bridgehead atoms. The zero-order valence-electron chi connectivity index (χ0n) is 23.4. The second kappa shape index (κ2) is 7.14. The molecule has 0 amide bonds. The van der Waals surface area contributed by atoms with E-state index in [0.29, 0.717) is 41.3 Å². The summed E-state index contributed by atoms with van der Waals surface area (Å²) >= 11 is 0. The Hall–Kier alpha value is -0.900. The first-order chi connectivity index (χ1) is 16.3. The second-order valence-electron chi connectivity index (χ2n) is 15.2. The van der Waals surface area contributed by atoms with Crippen LogP contribution in [-0.4, -0.2) is 31.1 Å². The highest BCUT2D eigenvalue weighted by atomic mass is 16.6. The lowest BCUT2D eigenvalue weighted by Crippen LogP contribution is -2.68. The molecule has 4 heteroatoms. The summed E-state index contributed by atoms with van der Waals surface area (Å²) in [5, 5.41) is 0. The average molecular weight is 485 g/mol. The summed E-state index contributed by atoms with van der Waals surface area (Å²) in [6, 6.07) is 0. The van der Waals surface area contributed by atoms with Crippen molar-refractivity contribution < 1.29 is 19.1 Å². The van der Waals surface area contributed by atoms with Gasteiger partial charge in [0.05, 0.1) is 18.6 Å². The van der Waals surface area contributed by atoms with Gasteiger partial charge in [0.1, 0.15) is 6.10 Å². The van der Waals surface area contributed by atoms with E-state index in [4.69, 9.17) is 9.47 Å². The number of esters is 1. The van der Waals surface area contributed by atoms with E-state index in [9.17, 15) is 9.59 Å². The van der Waals surface area contributed by atoms with Gasteiger partial charge >= 0.3 is 5.97 Å². The van der Waals surface area contributed by atoms with Crippen LogP contribution in [0.25, 0.3) is 0 Å². The molecular weight excluding hydrogens is 436 g/mol. The molecule has 0 N–H and O–H groups in total.